The van der Waals surface area contributed by atoms with E-state index in [1.807, 2.05) is 36.4 Å². The molecule has 6 aromatic rings. The molecule has 0 aliphatic heterocycles. The molecule has 44 heavy (non-hydrogen) atoms. The first-order valence-electron chi connectivity index (χ1n) is 15.2. The van der Waals surface area contributed by atoms with Gasteiger partial charge in [-0.25, -0.2) is 24.1 Å². The maximum absolute atomic E-state index is 14.0. The Bertz CT molecular complexity index is 1960. The monoisotopic (exact) mass is 606 g/mol. The zero-order chi connectivity index (χ0) is 30.5. The van der Waals surface area contributed by atoms with E-state index in [2.05, 4.69) is 53.1 Å². The smallest absolute Gasteiger partial charge is 0.327 e. The molecule has 0 radical (unpaired) electrons. The number of hydrogen-bond acceptors (Lipinski definition) is 5. The second-order valence-corrected chi connectivity index (χ2v) is 16.6. The fourth-order valence-corrected chi connectivity index (χ4v) is 11.1. The maximum Gasteiger partial charge on any atom is 0.327 e. The van der Waals surface area contributed by atoms with Gasteiger partial charge in [-0.05, 0) is 65.6 Å². The van der Waals surface area contributed by atoms with Crippen LogP contribution < -0.4 is 16.1 Å². The summed E-state index contributed by atoms with van der Waals surface area (Å²) in [6, 6.07) is 23.3. The number of pyridine rings is 1. The molecule has 2 aromatic carbocycles. The van der Waals surface area contributed by atoms with Gasteiger partial charge >= 0.3 is 5.69 Å². The number of nitrogens with zero attached hydrogens (tertiary/aromatic N) is 5. The Kier molecular flexibility index (Phi) is 7.05. The SMILES string of the molecule is CC(C)(C[C@H]1CC[C@H](n2c(=O)[nH]c3cnc(-c4cnc5ccc(F)cn45)nc32)CC1)[Si](O)(c1ccccc1)c1ccccc1. The van der Waals surface area contributed by atoms with Crippen LogP contribution in [0.25, 0.3) is 28.3 Å². The summed E-state index contributed by atoms with van der Waals surface area (Å²) in [4.78, 5) is 42.3. The number of aromatic amines is 1. The molecule has 224 valence electrons. The van der Waals surface area contributed by atoms with Crippen LogP contribution in [-0.4, -0.2) is 42.0 Å². The van der Waals surface area contributed by atoms with Gasteiger partial charge in [-0.1, -0.05) is 74.5 Å². The number of imidazole rings is 2. The lowest BCUT2D eigenvalue weighted by molar-refractivity contribution is 0.242. The second-order valence-electron chi connectivity index (χ2n) is 12.7. The van der Waals surface area contributed by atoms with E-state index in [1.165, 1.54) is 12.3 Å². The Morgan fingerprint density at radius 1 is 0.932 bits per heavy atom. The van der Waals surface area contributed by atoms with Crippen molar-refractivity contribution in [1.82, 2.24) is 28.9 Å². The normalized spacial score (nSPS) is 17.8. The fourth-order valence-electron chi connectivity index (χ4n) is 7.28. The molecule has 0 atom stereocenters. The molecule has 1 fully saturated rings. The molecule has 4 aromatic heterocycles. The highest BCUT2D eigenvalue weighted by Gasteiger charge is 2.50. The van der Waals surface area contributed by atoms with E-state index in [-0.39, 0.29) is 22.6 Å². The molecular weight excluding hydrogens is 571 g/mol. The van der Waals surface area contributed by atoms with Gasteiger partial charge in [0.05, 0.1) is 12.4 Å². The van der Waals surface area contributed by atoms with Crippen LogP contribution in [0, 0.1) is 11.7 Å². The van der Waals surface area contributed by atoms with Gasteiger partial charge in [-0.3, -0.25) is 8.97 Å². The third-order valence-corrected chi connectivity index (χ3v) is 14.0. The van der Waals surface area contributed by atoms with Crippen molar-refractivity contribution >= 4 is 35.5 Å². The summed E-state index contributed by atoms with van der Waals surface area (Å²) in [5, 5.41) is 1.74. The lowest BCUT2D eigenvalue weighted by Gasteiger charge is -2.44. The molecule has 1 aliphatic rings. The van der Waals surface area contributed by atoms with E-state index in [9.17, 15) is 14.0 Å². The number of benzene rings is 2. The Hall–Kier alpha value is -4.41. The highest BCUT2D eigenvalue weighted by molar-refractivity contribution is 6.98. The molecule has 0 unspecified atom stereocenters. The van der Waals surface area contributed by atoms with Gasteiger partial charge < -0.3 is 9.78 Å². The van der Waals surface area contributed by atoms with E-state index < -0.39 is 8.32 Å². The Balaban J connectivity index is 1.14. The predicted octanol–water partition coefficient (Wildman–Crippen LogP) is 5.23. The molecule has 2 N–H and O–H groups in total. The number of rotatable bonds is 7. The molecule has 1 aliphatic carbocycles. The van der Waals surface area contributed by atoms with E-state index in [0.29, 0.717) is 34.2 Å². The highest BCUT2D eigenvalue weighted by Crippen LogP contribution is 2.46. The van der Waals surface area contributed by atoms with Crippen molar-refractivity contribution in [3.8, 4) is 11.5 Å². The molecule has 10 heteroatoms. The largest absolute Gasteiger partial charge is 0.424 e. The van der Waals surface area contributed by atoms with Crippen LogP contribution in [0.2, 0.25) is 5.04 Å². The minimum atomic E-state index is -3.09. The van der Waals surface area contributed by atoms with Gasteiger partial charge in [0.25, 0.3) is 8.32 Å². The van der Waals surface area contributed by atoms with Gasteiger partial charge in [0, 0.05) is 12.2 Å². The first kappa shape index (κ1) is 28.4. The highest BCUT2D eigenvalue weighted by atomic mass is 28.4. The van der Waals surface area contributed by atoms with Crippen LogP contribution in [-0.2, 0) is 0 Å². The topological polar surface area (TPSA) is 101 Å². The first-order valence-corrected chi connectivity index (χ1v) is 17.1. The van der Waals surface area contributed by atoms with Crippen LogP contribution in [0.1, 0.15) is 52.0 Å². The Labute approximate surface area is 255 Å². The van der Waals surface area contributed by atoms with E-state index in [1.54, 1.807) is 27.4 Å². The van der Waals surface area contributed by atoms with Crippen molar-refractivity contribution < 1.29 is 9.19 Å². The van der Waals surface area contributed by atoms with Crippen molar-refractivity contribution in [2.24, 2.45) is 5.92 Å². The molecule has 8 nitrogen and oxygen atoms in total. The van der Waals surface area contributed by atoms with E-state index in [0.717, 1.165) is 42.5 Å². The summed E-state index contributed by atoms with van der Waals surface area (Å²) < 4.78 is 17.4. The van der Waals surface area contributed by atoms with Crippen molar-refractivity contribution in [2.45, 2.75) is 57.0 Å². The van der Waals surface area contributed by atoms with Crippen LogP contribution >= 0.6 is 0 Å². The summed E-state index contributed by atoms with van der Waals surface area (Å²) in [7, 11) is -3.09. The average molecular weight is 607 g/mol. The minimum Gasteiger partial charge on any atom is -0.424 e. The molecule has 1 saturated carbocycles. The van der Waals surface area contributed by atoms with Crippen LogP contribution in [0.5, 0.6) is 0 Å². The van der Waals surface area contributed by atoms with Crippen molar-refractivity contribution in [3.63, 3.8) is 0 Å². The van der Waals surface area contributed by atoms with Gasteiger partial charge in [-0.15, -0.1) is 0 Å². The van der Waals surface area contributed by atoms with Crippen LogP contribution in [0.3, 0.4) is 0 Å². The van der Waals surface area contributed by atoms with Gasteiger partial charge in [0.2, 0.25) is 0 Å². The molecule has 0 amide bonds. The number of nitrogens with one attached hydrogen (secondary N) is 1. The fraction of sp³-hybridized carbons (Fsp3) is 0.294. The number of fused-ring (bicyclic) bond motifs is 2. The predicted molar refractivity (Wildman–Crippen MR) is 172 cm³/mol. The zero-order valence-corrected chi connectivity index (χ0v) is 25.8. The van der Waals surface area contributed by atoms with Crippen molar-refractivity contribution in [1.29, 1.82) is 0 Å². The molecule has 0 saturated heterocycles. The maximum atomic E-state index is 14.0. The van der Waals surface area contributed by atoms with Crippen molar-refractivity contribution in [3.05, 3.63) is 108 Å². The molecule has 7 rings (SSSR count). The molecule has 0 spiro atoms. The summed E-state index contributed by atoms with van der Waals surface area (Å²) in [5.41, 5.74) is 2.07. The summed E-state index contributed by atoms with van der Waals surface area (Å²) in [6.07, 6.45) is 9.06. The van der Waals surface area contributed by atoms with Crippen LogP contribution in [0.4, 0.5) is 4.39 Å². The lowest BCUT2D eigenvalue weighted by atomic mass is 9.81. The summed E-state index contributed by atoms with van der Waals surface area (Å²) in [5.74, 6) is 0.418. The van der Waals surface area contributed by atoms with E-state index in [4.69, 9.17) is 4.98 Å². The number of H-pyrrole nitrogens is 1. The average Bonchev–Trinajstić information content (AvgIpc) is 3.61. The number of halogens is 1. The quantitative estimate of drug-likeness (QED) is 0.243. The third kappa shape index (κ3) is 4.78. The molecular formula is C34H35FN6O2Si. The summed E-state index contributed by atoms with van der Waals surface area (Å²) >= 11 is 0. The van der Waals surface area contributed by atoms with E-state index >= 15 is 0 Å². The van der Waals surface area contributed by atoms with Crippen LogP contribution in [0.15, 0.2) is 96.2 Å². The summed E-state index contributed by atoms with van der Waals surface area (Å²) in [6.45, 7) is 4.44. The third-order valence-electron chi connectivity index (χ3n) is 9.50. The Morgan fingerprint density at radius 3 is 2.25 bits per heavy atom. The zero-order valence-electron chi connectivity index (χ0n) is 24.8. The van der Waals surface area contributed by atoms with Crippen molar-refractivity contribution in [2.75, 3.05) is 0 Å². The molecule has 0 bridgehead atoms. The molecule has 4 heterocycles. The van der Waals surface area contributed by atoms with Gasteiger partial charge in [-0.2, -0.15) is 0 Å². The number of hydrogen-bond donors (Lipinski definition) is 2. The van der Waals surface area contributed by atoms with Gasteiger partial charge in [0.15, 0.2) is 11.5 Å². The first-order chi connectivity index (χ1) is 21.2. The minimum absolute atomic E-state index is 0.00244. The lowest BCUT2D eigenvalue weighted by Crippen LogP contribution is -2.65. The van der Waals surface area contributed by atoms with Gasteiger partial charge in [0.1, 0.15) is 22.7 Å². The second kappa shape index (κ2) is 10.9. The standard InChI is InChI=1S/C34H35FN6O2Si/c1-34(2,44(43,26-9-5-3-6-10-26)27-11-7-4-8-12-27)19-23-13-16-25(17-14-23)41-32-28(38-33(41)42)20-37-31(39-32)29-21-36-30-18-15-24(35)22-40(29)30/h3-12,15,18,20-23,25,43H,13-14,16-17,19H2,1-2H3,(H,38,42)/t23-,25-. The number of aromatic nitrogens is 6. The Morgan fingerprint density at radius 2 is 1.59 bits per heavy atom.